The largest absolute Gasteiger partial charge is 0.368 e. The Morgan fingerprint density at radius 1 is 1.12 bits per heavy atom. The van der Waals surface area contributed by atoms with E-state index < -0.39 is 0 Å². The number of halogens is 1. The van der Waals surface area contributed by atoms with Crippen molar-refractivity contribution < 1.29 is 9.18 Å². The molecule has 1 aromatic heterocycles. The molecule has 2 aromatic rings. The van der Waals surface area contributed by atoms with Gasteiger partial charge in [-0.3, -0.25) is 4.79 Å². The highest BCUT2D eigenvalue weighted by molar-refractivity contribution is 5.92. The maximum Gasteiger partial charge on any atom is 0.270 e. The van der Waals surface area contributed by atoms with Gasteiger partial charge in [-0.25, -0.2) is 14.4 Å². The number of nitrogens with one attached hydrogen (secondary N) is 1. The fraction of sp³-hybridized carbons (Fsp3) is 0.421. The van der Waals surface area contributed by atoms with Crippen LogP contribution in [0.1, 0.15) is 24.3 Å². The van der Waals surface area contributed by atoms with Gasteiger partial charge in [0.05, 0.1) is 0 Å². The van der Waals surface area contributed by atoms with Crippen molar-refractivity contribution in [2.75, 3.05) is 42.5 Å². The molecule has 0 bridgehead atoms. The number of hydrogen-bond acceptors (Lipinski definition) is 5. The monoisotopic (exact) mass is 357 g/mol. The van der Waals surface area contributed by atoms with Gasteiger partial charge in [0, 0.05) is 44.6 Å². The molecular formula is C19H24FN5O. The summed E-state index contributed by atoms with van der Waals surface area (Å²) in [5, 5.41) is 2.88. The Labute approximate surface area is 153 Å². The van der Waals surface area contributed by atoms with E-state index >= 15 is 0 Å². The van der Waals surface area contributed by atoms with E-state index in [1.165, 1.54) is 12.1 Å². The molecule has 3 rings (SSSR count). The van der Waals surface area contributed by atoms with Gasteiger partial charge in [0.1, 0.15) is 11.5 Å². The zero-order valence-electron chi connectivity index (χ0n) is 15.2. The summed E-state index contributed by atoms with van der Waals surface area (Å²) in [5.74, 6) is 0.557. The van der Waals surface area contributed by atoms with Crippen molar-refractivity contribution in [2.24, 2.45) is 5.92 Å². The van der Waals surface area contributed by atoms with E-state index in [1.807, 2.05) is 13.8 Å². The van der Waals surface area contributed by atoms with Crippen LogP contribution in [0.3, 0.4) is 0 Å². The summed E-state index contributed by atoms with van der Waals surface area (Å²) in [6.45, 7) is 7.79. The van der Waals surface area contributed by atoms with E-state index in [0.29, 0.717) is 24.1 Å². The van der Waals surface area contributed by atoms with Gasteiger partial charge < -0.3 is 15.1 Å². The molecule has 1 aromatic carbocycles. The third-order valence-corrected chi connectivity index (χ3v) is 4.30. The number of rotatable bonds is 5. The number of carbonyl (C=O) groups is 1. The number of amides is 1. The van der Waals surface area contributed by atoms with Gasteiger partial charge in [-0.05, 0) is 36.2 Å². The molecule has 1 amide bonds. The van der Waals surface area contributed by atoms with E-state index in [-0.39, 0.29) is 11.7 Å². The van der Waals surface area contributed by atoms with Crippen molar-refractivity contribution in [1.29, 1.82) is 0 Å². The maximum absolute atomic E-state index is 13.1. The summed E-state index contributed by atoms with van der Waals surface area (Å²) in [7, 11) is 0. The van der Waals surface area contributed by atoms with Crippen LogP contribution in [0.25, 0.3) is 0 Å². The highest BCUT2D eigenvalue weighted by atomic mass is 19.1. The van der Waals surface area contributed by atoms with Gasteiger partial charge in [0.25, 0.3) is 5.91 Å². The second-order valence-corrected chi connectivity index (χ2v) is 6.80. The predicted octanol–water partition coefficient (Wildman–Crippen LogP) is 2.33. The molecule has 0 saturated carbocycles. The summed E-state index contributed by atoms with van der Waals surface area (Å²) < 4.78 is 13.1. The second kappa shape index (κ2) is 8.12. The molecule has 1 aliphatic heterocycles. The SMILES string of the molecule is CC(C)CNC(=O)c1ccnc(N2CCN(c3ccc(F)cc3)CC2)n1. The van der Waals surface area contributed by atoms with Gasteiger partial charge in [-0.1, -0.05) is 13.8 Å². The number of anilines is 2. The van der Waals surface area contributed by atoms with E-state index in [9.17, 15) is 9.18 Å². The van der Waals surface area contributed by atoms with Crippen molar-refractivity contribution >= 4 is 17.5 Å². The van der Waals surface area contributed by atoms with Crippen LogP contribution in [0.15, 0.2) is 36.5 Å². The number of aromatic nitrogens is 2. The predicted molar refractivity (Wildman–Crippen MR) is 100 cm³/mol. The maximum atomic E-state index is 13.1. The lowest BCUT2D eigenvalue weighted by molar-refractivity contribution is 0.0944. The lowest BCUT2D eigenvalue weighted by Crippen LogP contribution is -2.47. The number of piperazine rings is 1. The highest BCUT2D eigenvalue weighted by Gasteiger charge is 2.20. The molecule has 138 valence electrons. The molecule has 1 N–H and O–H groups in total. The third-order valence-electron chi connectivity index (χ3n) is 4.30. The first kappa shape index (κ1) is 18.1. The first-order valence-electron chi connectivity index (χ1n) is 8.89. The second-order valence-electron chi connectivity index (χ2n) is 6.80. The van der Waals surface area contributed by atoms with Crippen LogP contribution in [0.2, 0.25) is 0 Å². The normalized spacial score (nSPS) is 14.6. The first-order valence-corrected chi connectivity index (χ1v) is 8.89. The molecule has 2 heterocycles. The van der Waals surface area contributed by atoms with Gasteiger partial charge in [-0.2, -0.15) is 0 Å². The minimum absolute atomic E-state index is 0.174. The Bertz CT molecular complexity index is 742. The van der Waals surface area contributed by atoms with Gasteiger partial charge in [-0.15, -0.1) is 0 Å². The Morgan fingerprint density at radius 3 is 2.42 bits per heavy atom. The summed E-state index contributed by atoms with van der Waals surface area (Å²) >= 11 is 0. The van der Waals surface area contributed by atoms with Crippen LogP contribution in [-0.2, 0) is 0 Å². The summed E-state index contributed by atoms with van der Waals surface area (Å²) in [4.78, 5) is 25.2. The van der Waals surface area contributed by atoms with Crippen LogP contribution in [0, 0.1) is 11.7 Å². The van der Waals surface area contributed by atoms with Gasteiger partial charge >= 0.3 is 0 Å². The standard InChI is InChI=1S/C19H24FN5O/c1-14(2)13-22-18(26)17-7-8-21-19(23-17)25-11-9-24(10-12-25)16-5-3-15(20)4-6-16/h3-8,14H,9-13H2,1-2H3,(H,22,26). The Morgan fingerprint density at radius 2 is 1.77 bits per heavy atom. The minimum atomic E-state index is -0.228. The fourth-order valence-corrected chi connectivity index (χ4v) is 2.83. The fourth-order valence-electron chi connectivity index (χ4n) is 2.83. The molecule has 1 fully saturated rings. The quantitative estimate of drug-likeness (QED) is 0.890. The van der Waals surface area contributed by atoms with Crippen LogP contribution in [-0.4, -0.2) is 48.6 Å². The Balaban J connectivity index is 1.61. The number of hydrogen-bond donors (Lipinski definition) is 1. The molecule has 0 spiro atoms. The van der Waals surface area contributed by atoms with Crippen LogP contribution in [0.4, 0.5) is 16.0 Å². The van der Waals surface area contributed by atoms with E-state index in [0.717, 1.165) is 31.9 Å². The lowest BCUT2D eigenvalue weighted by Gasteiger charge is -2.36. The topological polar surface area (TPSA) is 61.4 Å². The minimum Gasteiger partial charge on any atom is -0.368 e. The molecule has 1 aliphatic rings. The highest BCUT2D eigenvalue weighted by Crippen LogP contribution is 2.18. The molecule has 6 nitrogen and oxygen atoms in total. The molecule has 1 saturated heterocycles. The zero-order chi connectivity index (χ0) is 18.5. The van der Waals surface area contributed by atoms with Crippen LogP contribution < -0.4 is 15.1 Å². The van der Waals surface area contributed by atoms with Gasteiger partial charge in [0.2, 0.25) is 5.95 Å². The van der Waals surface area contributed by atoms with Crippen LogP contribution in [0.5, 0.6) is 0 Å². The molecule has 26 heavy (non-hydrogen) atoms. The van der Waals surface area contributed by atoms with Crippen molar-refractivity contribution in [3.8, 4) is 0 Å². The van der Waals surface area contributed by atoms with E-state index in [4.69, 9.17) is 0 Å². The third kappa shape index (κ3) is 4.47. The van der Waals surface area contributed by atoms with Crippen molar-refractivity contribution in [3.05, 3.63) is 48.0 Å². The molecular weight excluding hydrogens is 333 g/mol. The average Bonchev–Trinajstić information content (AvgIpc) is 2.67. The Hall–Kier alpha value is -2.70. The number of nitrogens with zero attached hydrogens (tertiary/aromatic N) is 4. The zero-order valence-corrected chi connectivity index (χ0v) is 15.2. The summed E-state index contributed by atoms with van der Waals surface area (Å²) in [6, 6.07) is 8.17. The molecule has 0 unspecified atom stereocenters. The van der Waals surface area contributed by atoms with Crippen molar-refractivity contribution in [2.45, 2.75) is 13.8 Å². The van der Waals surface area contributed by atoms with Crippen molar-refractivity contribution in [3.63, 3.8) is 0 Å². The first-order chi connectivity index (χ1) is 12.5. The molecule has 7 heteroatoms. The molecule has 0 radical (unpaired) electrons. The summed E-state index contributed by atoms with van der Waals surface area (Å²) in [5.41, 5.74) is 1.39. The van der Waals surface area contributed by atoms with E-state index in [2.05, 4.69) is 25.1 Å². The smallest absolute Gasteiger partial charge is 0.270 e. The molecule has 0 aliphatic carbocycles. The number of carbonyl (C=O) groups excluding carboxylic acids is 1. The average molecular weight is 357 g/mol. The van der Waals surface area contributed by atoms with E-state index in [1.54, 1.807) is 24.4 Å². The van der Waals surface area contributed by atoms with Crippen molar-refractivity contribution in [1.82, 2.24) is 15.3 Å². The molecule has 0 atom stereocenters. The van der Waals surface area contributed by atoms with Gasteiger partial charge in [0.15, 0.2) is 0 Å². The lowest BCUT2D eigenvalue weighted by atomic mass is 10.2. The number of benzene rings is 1. The summed E-state index contributed by atoms with van der Waals surface area (Å²) in [6.07, 6.45) is 1.62. The van der Waals surface area contributed by atoms with Crippen LogP contribution >= 0.6 is 0 Å². The Kier molecular flexibility index (Phi) is 5.65.